The highest BCUT2D eigenvalue weighted by atomic mass is 16.5. The highest BCUT2D eigenvalue weighted by molar-refractivity contribution is 4.75. The highest BCUT2D eigenvalue weighted by Gasteiger charge is 2.23. The van der Waals surface area contributed by atoms with Gasteiger partial charge in [0.25, 0.3) is 0 Å². The van der Waals surface area contributed by atoms with E-state index in [1.807, 2.05) is 0 Å². The zero-order valence-electron chi connectivity index (χ0n) is 12.9. The van der Waals surface area contributed by atoms with Crippen LogP contribution in [0, 0.1) is 17.8 Å². The van der Waals surface area contributed by atoms with Crippen molar-refractivity contribution in [3.05, 3.63) is 0 Å². The van der Waals surface area contributed by atoms with E-state index in [1.54, 1.807) is 0 Å². The Morgan fingerprint density at radius 3 is 2.33 bits per heavy atom. The summed E-state index contributed by atoms with van der Waals surface area (Å²) < 4.78 is 6.02. The molecule has 0 bridgehead atoms. The van der Waals surface area contributed by atoms with Crippen molar-refractivity contribution in [1.29, 1.82) is 0 Å². The molecule has 1 aliphatic carbocycles. The van der Waals surface area contributed by atoms with E-state index in [-0.39, 0.29) is 0 Å². The van der Waals surface area contributed by atoms with E-state index in [1.165, 1.54) is 32.1 Å². The summed E-state index contributed by atoms with van der Waals surface area (Å²) in [5, 5.41) is 3.48. The Labute approximate surface area is 114 Å². The molecule has 18 heavy (non-hydrogen) atoms. The van der Waals surface area contributed by atoms with Gasteiger partial charge in [0.15, 0.2) is 0 Å². The van der Waals surface area contributed by atoms with Crippen LogP contribution in [0.15, 0.2) is 0 Å². The van der Waals surface area contributed by atoms with Crippen LogP contribution in [0.3, 0.4) is 0 Å². The Morgan fingerprint density at radius 1 is 1.06 bits per heavy atom. The lowest BCUT2D eigenvalue weighted by Crippen LogP contribution is -2.27. The number of hydrogen-bond donors (Lipinski definition) is 1. The SMILES string of the molecule is CC(C)CNCCCCOC1CC(C)CC(C)C1. The summed E-state index contributed by atoms with van der Waals surface area (Å²) in [5.74, 6) is 2.46. The minimum atomic E-state index is 0.535. The number of ether oxygens (including phenoxy) is 1. The summed E-state index contributed by atoms with van der Waals surface area (Å²) in [6, 6.07) is 0. The molecule has 1 fully saturated rings. The summed E-state index contributed by atoms with van der Waals surface area (Å²) in [6.45, 7) is 12.5. The van der Waals surface area contributed by atoms with Crippen LogP contribution in [0.25, 0.3) is 0 Å². The van der Waals surface area contributed by atoms with Crippen LogP contribution in [0.1, 0.15) is 59.8 Å². The molecule has 0 aromatic carbocycles. The zero-order chi connectivity index (χ0) is 13.4. The van der Waals surface area contributed by atoms with Crippen LogP contribution in [-0.2, 0) is 4.74 Å². The smallest absolute Gasteiger partial charge is 0.0580 e. The summed E-state index contributed by atoms with van der Waals surface area (Å²) >= 11 is 0. The Hall–Kier alpha value is -0.0800. The van der Waals surface area contributed by atoms with E-state index < -0.39 is 0 Å². The molecule has 0 amide bonds. The fourth-order valence-corrected chi connectivity index (χ4v) is 3.00. The number of unbranched alkanes of at least 4 members (excludes halogenated alkanes) is 1. The van der Waals surface area contributed by atoms with Crippen molar-refractivity contribution >= 4 is 0 Å². The Kier molecular flexibility index (Phi) is 7.92. The molecular weight excluding hydrogens is 222 g/mol. The van der Waals surface area contributed by atoms with Gasteiger partial charge in [-0.25, -0.2) is 0 Å². The van der Waals surface area contributed by atoms with Gasteiger partial charge in [0, 0.05) is 6.61 Å². The van der Waals surface area contributed by atoms with E-state index >= 15 is 0 Å². The summed E-state index contributed by atoms with van der Waals surface area (Å²) in [7, 11) is 0. The second kappa shape index (κ2) is 8.92. The molecule has 2 unspecified atom stereocenters. The molecular formula is C16H33NO. The first kappa shape index (κ1) is 16.0. The van der Waals surface area contributed by atoms with Crippen LogP contribution in [-0.4, -0.2) is 25.8 Å². The largest absolute Gasteiger partial charge is 0.378 e. The van der Waals surface area contributed by atoms with Crippen molar-refractivity contribution in [2.24, 2.45) is 17.8 Å². The molecule has 0 saturated heterocycles. The van der Waals surface area contributed by atoms with Gasteiger partial charge >= 0.3 is 0 Å². The minimum absolute atomic E-state index is 0.535. The second-order valence-corrected chi connectivity index (χ2v) is 6.72. The van der Waals surface area contributed by atoms with Gasteiger partial charge in [-0.05, 0) is 62.9 Å². The molecule has 0 heterocycles. The third kappa shape index (κ3) is 7.38. The predicted octanol–water partition coefficient (Wildman–Crippen LogP) is 3.85. The molecule has 0 aliphatic heterocycles. The molecule has 0 spiro atoms. The van der Waals surface area contributed by atoms with Crippen LogP contribution < -0.4 is 5.32 Å². The lowest BCUT2D eigenvalue weighted by molar-refractivity contribution is -0.000431. The molecule has 0 radical (unpaired) electrons. The standard InChI is InChI=1S/C16H33NO/c1-13(2)12-17-7-5-6-8-18-16-10-14(3)9-15(4)11-16/h13-17H,5-12H2,1-4H3. The van der Waals surface area contributed by atoms with Gasteiger partial charge in [-0.2, -0.15) is 0 Å². The maximum absolute atomic E-state index is 6.02. The molecule has 108 valence electrons. The summed E-state index contributed by atoms with van der Waals surface area (Å²) in [5.41, 5.74) is 0. The third-order valence-corrected chi connectivity index (χ3v) is 3.79. The number of nitrogens with one attached hydrogen (secondary N) is 1. The maximum atomic E-state index is 6.02. The Balaban J connectivity index is 1.94. The van der Waals surface area contributed by atoms with Gasteiger partial charge < -0.3 is 10.1 Å². The number of rotatable bonds is 8. The van der Waals surface area contributed by atoms with Crippen molar-refractivity contribution in [3.8, 4) is 0 Å². The van der Waals surface area contributed by atoms with Crippen molar-refractivity contribution in [2.45, 2.75) is 65.9 Å². The Morgan fingerprint density at radius 2 is 1.72 bits per heavy atom. The zero-order valence-corrected chi connectivity index (χ0v) is 12.9. The molecule has 2 nitrogen and oxygen atoms in total. The van der Waals surface area contributed by atoms with Crippen molar-refractivity contribution < 1.29 is 4.74 Å². The van der Waals surface area contributed by atoms with Gasteiger partial charge in [0.05, 0.1) is 6.10 Å². The predicted molar refractivity (Wildman–Crippen MR) is 78.9 cm³/mol. The lowest BCUT2D eigenvalue weighted by atomic mass is 9.82. The van der Waals surface area contributed by atoms with Gasteiger partial charge in [0.1, 0.15) is 0 Å². The lowest BCUT2D eigenvalue weighted by Gasteiger charge is -2.31. The van der Waals surface area contributed by atoms with Crippen LogP contribution in [0.2, 0.25) is 0 Å². The number of hydrogen-bond acceptors (Lipinski definition) is 2. The first-order chi connectivity index (χ1) is 8.58. The molecule has 2 heteroatoms. The van der Waals surface area contributed by atoms with Gasteiger partial charge in [-0.15, -0.1) is 0 Å². The van der Waals surface area contributed by atoms with E-state index in [0.717, 1.165) is 37.5 Å². The van der Waals surface area contributed by atoms with E-state index in [4.69, 9.17) is 4.74 Å². The molecule has 0 aromatic heterocycles. The minimum Gasteiger partial charge on any atom is -0.378 e. The van der Waals surface area contributed by atoms with Crippen molar-refractivity contribution in [3.63, 3.8) is 0 Å². The normalized spacial score (nSPS) is 28.8. The van der Waals surface area contributed by atoms with E-state index in [9.17, 15) is 0 Å². The monoisotopic (exact) mass is 255 g/mol. The average Bonchev–Trinajstić information content (AvgIpc) is 2.26. The maximum Gasteiger partial charge on any atom is 0.0580 e. The van der Waals surface area contributed by atoms with Gasteiger partial charge in [0.2, 0.25) is 0 Å². The van der Waals surface area contributed by atoms with Gasteiger partial charge in [-0.3, -0.25) is 0 Å². The summed E-state index contributed by atoms with van der Waals surface area (Å²) in [6.07, 6.45) is 6.91. The topological polar surface area (TPSA) is 21.3 Å². The first-order valence-corrected chi connectivity index (χ1v) is 7.90. The molecule has 2 atom stereocenters. The fraction of sp³-hybridized carbons (Fsp3) is 1.00. The third-order valence-electron chi connectivity index (χ3n) is 3.79. The van der Waals surface area contributed by atoms with Crippen LogP contribution in [0.5, 0.6) is 0 Å². The van der Waals surface area contributed by atoms with Gasteiger partial charge in [-0.1, -0.05) is 27.7 Å². The molecule has 1 rings (SSSR count). The average molecular weight is 255 g/mol. The van der Waals surface area contributed by atoms with Crippen molar-refractivity contribution in [2.75, 3.05) is 19.7 Å². The molecule has 1 N–H and O–H groups in total. The van der Waals surface area contributed by atoms with Crippen molar-refractivity contribution in [1.82, 2.24) is 5.32 Å². The van der Waals surface area contributed by atoms with E-state index in [2.05, 4.69) is 33.0 Å². The van der Waals surface area contributed by atoms with Crippen LogP contribution in [0.4, 0.5) is 0 Å². The molecule has 1 saturated carbocycles. The quantitative estimate of drug-likeness (QED) is 0.665. The van der Waals surface area contributed by atoms with E-state index in [0.29, 0.717) is 6.10 Å². The first-order valence-electron chi connectivity index (χ1n) is 7.90. The molecule has 0 aromatic rings. The van der Waals surface area contributed by atoms with Crippen LogP contribution >= 0.6 is 0 Å². The second-order valence-electron chi connectivity index (χ2n) is 6.72. The summed E-state index contributed by atoms with van der Waals surface area (Å²) in [4.78, 5) is 0. The Bertz CT molecular complexity index is 195. The fourth-order valence-electron chi connectivity index (χ4n) is 3.00. The highest BCUT2D eigenvalue weighted by Crippen LogP contribution is 2.30. The molecule has 1 aliphatic rings.